The number of nitriles is 1. The number of rotatable bonds is 7. The molecule has 0 spiro atoms. The molecule has 0 saturated carbocycles. The molecule has 1 saturated heterocycles. The first-order chi connectivity index (χ1) is 16.7. The molecule has 1 aliphatic heterocycles. The van der Waals surface area contributed by atoms with Gasteiger partial charge in [-0.3, -0.25) is 14.3 Å². The molecule has 172 valence electrons. The Hall–Kier alpha value is -3.89. The topological polar surface area (TPSA) is 81.0 Å². The van der Waals surface area contributed by atoms with E-state index in [2.05, 4.69) is 44.2 Å². The van der Waals surface area contributed by atoms with E-state index in [1.165, 1.54) is 35.3 Å². The molecule has 3 heterocycles. The highest BCUT2D eigenvalue weighted by Gasteiger charge is 2.17. The van der Waals surface area contributed by atoms with Crippen LogP contribution in [-0.2, 0) is 6.42 Å². The summed E-state index contributed by atoms with van der Waals surface area (Å²) in [6, 6.07) is 17.7. The molecule has 4 aromatic rings. The Bertz CT molecular complexity index is 1360. The highest BCUT2D eigenvalue weighted by molar-refractivity contribution is 5.84. The van der Waals surface area contributed by atoms with E-state index in [-0.39, 0.29) is 5.56 Å². The molecule has 0 aliphatic carbocycles. The maximum Gasteiger partial charge on any atom is 0.257 e. The van der Waals surface area contributed by atoms with Gasteiger partial charge in [0.2, 0.25) is 0 Å². The van der Waals surface area contributed by atoms with Gasteiger partial charge in [0, 0.05) is 61.2 Å². The fourth-order valence-corrected chi connectivity index (χ4v) is 4.70. The SMILES string of the molecule is N#Cc1ccc2[nH]cc(CCCCN3CCN(c4ccc(-n5cnccc5=O)cc4)CC3)c2c1. The molecule has 5 rings (SSSR count). The van der Waals surface area contributed by atoms with Gasteiger partial charge in [0.05, 0.1) is 17.3 Å². The number of H-pyrrole nitrogens is 1. The van der Waals surface area contributed by atoms with E-state index in [1.54, 1.807) is 10.9 Å². The van der Waals surface area contributed by atoms with Gasteiger partial charge in [0.25, 0.3) is 5.56 Å². The van der Waals surface area contributed by atoms with Gasteiger partial charge in [-0.2, -0.15) is 5.26 Å². The summed E-state index contributed by atoms with van der Waals surface area (Å²) in [5.41, 5.74) is 5.07. The van der Waals surface area contributed by atoms with Crippen LogP contribution < -0.4 is 10.5 Å². The zero-order chi connectivity index (χ0) is 23.3. The number of aromatic nitrogens is 3. The molecule has 1 aliphatic rings. The van der Waals surface area contributed by atoms with Crippen molar-refractivity contribution in [1.82, 2.24) is 19.4 Å². The summed E-state index contributed by atoms with van der Waals surface area (Å²) in [5, 5.41) is 10.3. The minimum Gasteiger partial charge on any atom is -0.369 e. The largest absolute Gasteiger partial charge is 0.369 e. The van der Waals surface area contributed by atoms with Crippen LogP contribution in [0.4, 0.5) is 5.69 Å². The standard InChI is InChI=1S/C27H28N6O/c28-18-21-4-9-26-25(17-21)22(19-30-26)3-1-2-12-31-13-15-32(16-14-31)23-5-7-24(8-6-23)33-20-29-11-10-27(33)34/h4-11,17,19-20,30H,1-3,12-16H2. The highest BCUT2D eigenvalue weighted by atomic mass is 16.1. The van der Waals surface area contributed by atoms with Crippen LogP contribution in [0.3, 0.4) is 0 Å². The molecule has 0 radical (unpaired) electrons. The Morgan fingerprint density at radius 2 is 1.76 bits per heavy atom. The lowest BCUT2D eigenvalue weighted by atomic mass is 10.1. The highest BCUT2D eigenvalue weighted by Crippen LogP contribution is 2.22. The van der Waals surface area contributed by atoms with Gasteiger partial charge in [-0.1, -0.05) is 0 Å². The van der Waals surface area contributed by atoms with Crippen molar-refractivity contribution in [2.75, 3.05) is 37.6 Å². The van der Waals surface area contributed by atoms with Crippen LogP contribution in [0.2, 0.25) is 0 Å². The molecule has 2 aromatic heterocycles. The number of piperazine rings is 1. The van der Waals surface area contributed by atoms with E-state index in [1.807, 2.05) is 30.3 Å². The first-order valence-corrected chi connectivity index (χ1v) is 11.8. The minimum atomic E-state index is -0.0759. The molecule has 0 unspecified atom stereocenters. The fraction of sp³-hybridized carbons (Fsp3) is 0.296. The average molecular weight is 453 g/mol. The predicted octanol–water partition coefficient (Wildman–Crippen LogP) is 3.73. The normalized spacial score (nSPS) is 14.4. The van der Waals surface area contributed by atoms with Gasteiger partial charge in [0.15, 0.2) is 0 Å². The number of nitrogens with zero attached hydrogens (tertiary/aromatic N) is 5. The molecule has 7 nitrogen and oxygen atoms in total. The van der Waals surface area contributed by atoms with Gasteiger partial charge < -0.3 is 9.88 Å². The van der Waals surface area contributed by atoms with E-state index in [0.29, 0.717) is 5.56 Å². The van der Waals surface area contributed by atoms with Crippen LogP contribution in [0.5, 0.6) is 0 Å². The second kappa shape index (κ2) is 9.94. The van der Waals surface area contributed by atoms with Crippen LogP contribution in [-0.4, -0.2) is 52.2 Å². The van der Waals surface area contributed by atoms with Crippen molar-refractivity contribution < 1.29 is 0 Å². The van der Waals surface area contributed by atoms with Crippen LogP contribution in [0.25, 0.3) is 16.6 Å². The van der Waals surface area contributed by atoms with Crippen molar-refractivity contribution in [1.29, 1.82) is 5.26 Å². The molecular formula is C27H28N6O. The molecule has 34 heavy (non-hydrogen) atoms. The first kappa shape index (κ1) is 21.9. The second-order valence-corrected chi connectivity index (χ2v) is 8.78. The Morgan fingerprint density at radius 1 is 0.971 bits per heavy atom. The summed E-state index contributed by atoms with van der Waals surface area (Å²) in [5.74, 6) is 0. The molecular weight excluding hydrogens is 424 g/mol. The molecule has 0 bridgehead atoms. The lowest BCUT2D eigenvalue weighted by molar-refractivity contribution is 0.253. The van der Waals surface area contributed by atoms with Gasteiger partial charge in [-0.15, -0.1) is 0 Å². The number of nitrogens with one attached hydrogen (secondary N) is 1. The van der Waals surface area contributed by atoms with Crippen LogP contribution >= 0.6 is 0 Å². The van der Waals surface area contributed by atoms with E-state index in [4.69, 9.17) is 5.26 Å². The number of unbranched alkanes of at least 4 members (excludes halogenated alkanes) is 1. The maximum absolute atomic E-state index is 12.0. The first-order valence-electron chi connectivity index (χ1n) is 11.8. The Labute approximate surface area is 198 Å². The van der Waals surface area contributed by atoms with Crippen LogP contribution in [0, 0.1) is 11.3 Å². The number of aryl methyl sites for hydroxylation is 1. The van der Waals surface area contributed by atoms with Crippen molar-refractivity contribution in [2.24, 2.45) is 0 Å². The predicted molar refractivity (Wildman–Crippen MR) is 134 cm³/mol. The lowest BCUT2D eigenvalue weighted by Gasteiger charge is -2.36. The zero-order valence-corrected chi connectivity index (χ0v) is 19.2. The van der Waals surface area contributed by atoms with Crippen molar-refractivity contribution in [3.05, 3.63) is 88.7 Å². The van der Waals surface area contributed by atoms with Crippen LogP contribution in [0.1, 0.15) is 24.0 Å². The summed E-state index contributed by atoms with van der Waals surface area (Å²) < 4.78 is 1.56. The number of aromatic amines is 1. The van der Waals surface area contributed by atoms with Crippen molar-refractivity contribution in [3.8, 4) is 11.8 Å². The van der Waals surface area contributed by atoms with Gasteiger partial charge in [-0.05, 0) is 73.8 Å². The summed E-state index contributed by atoms with van der Waals surface area (Å²) in [6.07, 6.45) is 8.48. The lowest BCUT2D eigenvalue weighted by Crippen LogP contribution is -2.46. The number of benzene rings is 2. The molecule has 1 fully saturated rings. The third-order valence-electron chi connectivity index (χ3n) is 6.66. The summed E-state index contributed by atoms with van der Waals surface area (Å²) >= 11 is 0. The third kappa shape index (κ3) is 4.73. The van der Waals surface area contributed by atoms with Crippen molar-refractivity contribution in [2.45, 2.75) is 19.3 Å². The summed E-state index contributed by atoms with van der Waals surface area (Å²) in [7, 11) is 0. The quantitative estimate of drug-likeness (QED) is 0.432. The van der Waals surface area contributed by atoms with Gasteiger partial charge in [-0.25, -0.2) is 4.98 Å². The van der Waals surface area contributed by atoms with Gasteiger partial charge in [0.1, 0.15) is 6.33 Å². The average Bonchev–Trinajstić information content (AvgIpc) is 3.29. The van der Waals surface area contributed by atoms with Crippen LogP contribution in [0.15, 0.2) is 72.0 Å². The van der Waals surface area contributed by atoms with Gasteiger partial charge >= 0.3 is 0 Å². The zero-order valence-electron chi connectivity index (χ0n) is 19.2. The Morgan fingerprint density at radius 3 is 2.53 bits per heavy atom. The molecule has 0 atom stereocenters. The molecule has 1 N–H and O–H groups in total. The third-order valence-corrected chi connectivity index (χ3v) is 6.66. The Kier molecular flexibility index (Phi) is 6.41. The van der Waals surface area contributed by atoms with E-state index in [0.717, 1.165) is 56.8 Å². The van der Waals surface area contributed by atoms with E-state index >= 15 is 0 Å². The number of hydrogen-bond donors (Lipinski definition) is 1. The van der Waals surface area contributed by atoms with Crippen molar-refractivity contribution in [3.63, 3.8) is 0 Å². The minimum absolute atomic E-state index is 0.0759. The maximum atomic E-state index is 12.0. The fourth-order valence-electron chi connectivity index (χ4n) is 4.70. The van der Waals surface area contributed by atoms with E-state index < -0.39 is 0 Å². The smallest absolute Gasteiger partial charge is 0.257 e. The van der Waals surface area contributed by atoms with Crippen molar-refractivity contribution >= 4 is 16.6 Å². The monoisotopic (exact) mass is 452 g/mol. The molecule has 0 amide bonds. The number of fused-ring (bicyclic) bond motifs is 1. The summed E-state index contributed by atoms with van der Waals surface area (Å²) in [4.78, 5) is 24.3. The Balaban J connectivity index is 1.09. The molecule has 2 aromatic carbocycles. The summed E-state index contributed by atoms with van der Waals surface area (Å²) in [6.45, 7) is 5.24. The second-order valence-electron chi connectivity index (χ2n) is 8.78. The number of hydrogen-bond acceptors (Lipinski definition) is 5. The number of anilines is 1. The van der Waals surface area contributed by atoms with E-state index in [9.17, 15) is 4.79 Å². The molecule has 7 heteroatoms.